The van der Waals surface area contributed by atoms with E-state index >= 15 is 0 Å². The summed E-state index contributed by atoms with van der Waals surface area (Å²) in [5.41, 5.74) is 2.09. The smallest absolute Gasteiger partial charge is 0.261 e. The molecule has 1 aliphatic heterocycles. The van der Waals surface area contributed by atoms with Crippen LogP contribution in [0, 0.1) is 0 Å². The van der Waals surface area contributed by atoms with E-state index in [1.165, 1.54) is 0 Å². The Bertz CT molecular complexity index is 593. The first-order chi connectivity index (χ1) is 9.26. The molecule has 2 aromatic heterocycles. The van der Waals surface area contributed by atoms with Crippen LogP contribution >= 0.6 is 0 Å². The molecule has 19 heavy (non-hydrogen) atoms. The van der Waals surface area contributed by atoms with Gasteiger partial charge in [0.1, 0.15) is 0 Å². The zero-order valence-electron chi connectivity index (χ0n) is 10.8. The maximum Gasteiger partial charge on any atom is 0.261 e. The zero-order chi connectivity index (χ0) is 12.9. The number of H-pyrrole nitrogens is 1. The van der Waals surface area contributed by atoms with Crippen LogP contribution in [0.3, 0.4) is 0 Å². The highest BCUT2D eigenvalue weighted by Gasteiger charge is 2.43. The minimum Gasteiger partial charge on any atom is -0.381 e. The highest BCUT2D eigenvalue weighted by molar-refractivity contribution is 5.56. The van der Waals surface area contributed by atoms with Gasteiger partial charge < -0.3 is 9.26 Å². The van der Waals surface area contributed by atoms with E-state index in [1.807, 2.05) is 0 Å². The van der Waals surface area contributed by atoms with Gasteiger partial charge in [0, 0.05) is 17.9 Å². The first-order valence-electron chi connectivity index (χ1n) is 6.72. The van der Waals surface area contributed by atoms with Crippen LogP contribution in [0.1, 0.15) is 43.6 Å². The maximum absolute atomic E-state index is 5.43. The predicted octanol–water partition coefficient (Wildman–Crippen LogP) is 2.02. The molecule has 1 saturated carbocycles. The molecule has 1 unspecified atom stereocenters. The number of hydrogen-bond acceptors (Lipinski definition) is 5. The van der Waals surface area contributed by atoms with Crippen molar-refractivity contribution in [2.45, 2.75) is 37.5 Å². The molecule has 4 rings (SSSR count). The lowest BCUT2D eigenvalue weighted by Crippen LogP contribution is -2.02. The van der Waals surface area contributed by atoms with Crippen molar-refractivity contribution >= 4 is 0 Å². The summed E-state index contributed by atoms with van der Waals surface area (Å²) in [7, 11) is 0. The molecule has 0 amide bonds. The summed E-state index contributed by atoms with van der Waals surface area (Å²) in [4.78, 5) is 4.54. The van der Waals surface area contributed by atoms with Crippen molar-refractivity contribution in [2.75, 3.05) is 13.2 Å². The van der Waals surface area contributed by atoms with Crippen molar-refractivity contribution in [2.24, 2.45) is 0 Å². The van der Waals surface area contributed by atoms with Gasteiger partial charge in [-0.05, 0) is 19.3 Å². The minimum atomic E-state index is 0.127. The van der Waals surface area contributed by atoms with E-state index in [0.717, 1.165) is 49.6 Å². The van der Waals surface area contributed by atoms with E-state index in [2.05, 4.69) is 27.3 Å². The zero-order valence-corrected chi connectivity index (χ0v) is 10.8. The lowest BCUT2D eigenvalue weighted by Gasteiger charge is -2.05. The Morgan fingerprint density at radius 3 is 3.05 bits per heavy atom. The molecule has 1 saturated heterocycles. The topological polar surface area (TPSA) is 76.8 Å². The molecule has 0 spiro atoms. The summed E-state index contributed by atoms with van der Waals surface area (Å²) in [6.07, 6.45) is 5.05. The van der Waals surface area contributed by atoms with Crippen molar-refractivity contribution in [3.05, 3.63) is 17.7 Å². The van der Waals surface area contributed by atoms with Gasteiger partial charge in [0.25, 0.3) is 5.89 Å². The van der Waals surface area contributed by atoms with Crippen molar-refractivity contribution in [3.63, 3.8) is 0 Å². The number of rotatable bonds is 3. The Hall–Kier alpha value is -1.69. The molecule has 2 fully saturated rings. The SMILES string of the molecule is CC1(c2noc(-c3cn[nH]c3C3CCOC3)n2)CC1. The minimum absolute atomic E-state index is 0.127. The summed E-state index contributed by atoms with van der Waals surface area (Å²) in [5.74, 6) is 1.74. The Labute approximate surface area is 110 Å². The van der Waals surface area contributed by atoms with Gasteiger partial charge in [0.15, 0.2) is 5.82 Å². The molecule has 0 bridgehead atoms. The summed E-state index contributed by atoms with van der Waals surface area (Å²) in [6, 6.07) is 0. The summed E-state index contributed by atoms with van der Waals surface area (Å²) in [6.45, 7) is 3.70. The molecule has 6 heteroatoms. The Morgan fingerprint density at radius 1 is 1.42 bits per heavy atom. The summed E-state index contributed by atoms with van der Waals surface area (Å²) in [5, 5.41) is 11.3. The van der Waals surface area contributed by atoms with Gasteiger partial charge >= 0.3 is 0 Å². The van der Waals surface area contributed by atoms with Crippen LogP contribution in [0.4, 0.5) is 0 Å². The van der Waals surface area contributed by atoms with E-state index < -0.39 is 0 Å². The fourth-order valence-corrected chi connectivity index (χ4v) is 2.53. The second-order valence-electron chi connectivity index (χ2n) is 5.74. The van der Waals surface area contributed by atoms with Crippen molar-refractivity contribution < 1.29 is 9.26 Å². The molecule has 100 valence electrons. The van der Waals surface area contributed by atoms with Crippen LogP contribution in [0.25, 0.3) is 11.5 Å². The van der Waals surface area contributed by atoms with Crippen LogP contribution in [-0.2, 0) is 10.2 Å². The fraction of sp³-hybridized carbons (Fsp3) is 0.615. The molecular weight excluding hydrogens is 244 g/mol. The van der Waals surface area contributed by atoms with Crippen LogP contribution in [0.15, 0.2) is 10.7 Å². The highest BCUT2D eigenvalue weighted by Crippen LogP contribution is 2.46. The normalized spacial score (nSPS) is 24.8. The van der Waals surface area contributed by atoms with Gasteiger partial charge in [0.2, 0.25) is 0 Å². The average Bonchev–Trinajstić information content (AvgIpc) is 2.98. The first kappa shape index (κ1) is 11.2. The number of hydrogen-bond donors (Lipinski definition) is 1. The molecule has 2 aliphatic rings. The Balaban J connectivity index is 1.68. The monoisotopic (exact) mass is 260 g/mol. The molecule has 6 nitrogen and oxygen atoms in total. The highest BCUT2D eigenvalue weighted by atomic mass is 16.5. The molecule has 3 heterocycles. The van der Waals surface area contributed by atoms with Gasteiger partial charge in [-0.15, -0.1) is 0 Å². The van der Waals surface area contributed by atoms with Gasteiger partial charge in [-0.1, -0.05) is 12.1 Å². The second kappa shape index (κ2) is 3.90. The van der Waals surface area contributed by atoms with Crippen LogP contribution in [0.5, 0.6) is 0 Å². The van der Waals surface area contributed by atoms with Crippen LogP contribution in [0.2, 0.25) is 0 Å². The average molecular weight is 260 g/mol. The molecule has 2 aromatic rings. The van der Waals surface area contributed by atoms with Gasteiger partial charge in [-0.3, -0.25) is 5.10 Å². The van der Waals surface area contributed by atoms with Crippen LogP contribution < -0.4 is 0 Å². The van der Waals surface area contributed by atoms with Gasteiger partial charge in [-0.25, -0.2) is 0 Å². The first-order valence-corrected chi connectivity index (χ1v) is 6.72. The lowest BCUT2D eigenvalue weighted by molar-refractivity contribution is 0.193. The number of aromatic nitrogens is 4. The molecule has 1 N–H and O–H groups in total. The van der Waals surface area contributed by atoms with Gasteiger partial charge in [-0.2, -0.15) is 10.1 Å². The number of nitrogens with one attached hydrogen (secondary N) is 1. The molecular formula is C13H16N4O2. The fourth-order valence-electron chi connectivity index (χ4n) is 2.53. The molecule has 1 aliphatic carbocycles. The van der Waals surface area contributed by atoms with E-state index in [9.17, 15) is 0 Å². The van der Waals surface area contributed by atoms with E-state index in [1.54, 1.807) is 6.20 Å². The van der Waals surface area contributed by atoms with E-state index in [4.69, 9.17) is 9.26 Å². The number of aromatic amines is 1. The number of ether oxygens (including phenoxy) is 1. The number of nitrogens with zero attached hydrogens (tertiary/aromatic N) is 3. The largest absolute Gasteiger partial charge is 0.381 e. The van der Waals surface area contributed by atoms with Gasteiger partial charge in [0.05, 0.1) is 24.1 Å². The van der Waals surface area contributed by atoms with Crippen LogP contribution in [-0.4, -0.2) is 33.6 Å². The standard InChI is InChI=1S/C13H16N4O2/c1-13(3-4-13)12-15-11(19-17-12)9-6-14-16-10(9)8-2-5-18-7-8/h6,8H,2-5,7H2,1H3,(H,14,16). The van der Waals surface area contributed by atoms with Crippen molar-refractivity contribution in [3.8, 4) is 11.5 Å². The Morgan fingerprint density at radius 2 is 2.32 bits per heavy atom. The second-order valence-corrected chi connectivity index (χ2v) is 5.74. The predicted molar refractivity (Wildman–Crippen MR) is 66.6 cm³/mol. The van der Waals surface area contributed by atoms with Crippen molar-refractivity contribution in [1.82, 2.24) is 20.3 Å². The molecule has 1 atom stereocenters. The third kappa shape index (κ3) is 1.78. The van der Waals surface area contributed by atoms with Crippen molar-refractivity contribution in [1.29, 1.82) is 0 Å². The summed E-state index contributed by atoms with van der Waals surface area (Å²) < 4.78 is 10.8. The molecule has 0 radical (unpaired) electrons. The third-order valence-electron chi connectivity index (χ3n) is 4.20. The van der Waals surface area contributed by atoms with E-state index in [-0.39, 0.29) is 5.41 Å². The lowest BCUT2D eigenvalue weighted by atomic mass is 10.0. The Kier molecular flexibility index (Phi) is 2.29. The van der Waals surface area contributed by atoms with E-state index in [0.29, 0.717) is 11.8 Å². The quantitative estimate of drug-likeness (QED) is 0.913. The summed E-state index contributed by atoms with van der Waals surface area (Å²) >= 11 is 0. The third-order valence-corrected chi connectivity index (χ3v) is 4.20. The molecule has 0 aromatic carbocycles. The maximum atomic E-state index is 5.43.